The molecule has 0 aromatic carbocycles. The first-order chi connectivity index (χ1) is 4.33. The predicted molar refractivity (Wildman–Crippen MR) is 44.3 cm³/mol. The topological polar surface area (TPSA) is 37.8 Å². The molecule has 1 rings (SSSR count). The van der Waals surface area contributed by atoms with Crippen molar-refractivity contribution in [2.45, 2.75) is 0 Å². The molecule has 0 aliphatic carbocycles. The van der Waals surface area contributed by atoms with Crippen LogP contribution in [-0.4, -0.2) is 17.2 Å². The summed E-state index contributed by atoms with van der Waals surface area (Å²) < 4.78 is 0.909. The lowest BCUT2D eigenvalue weighted by molar-refractivity contribution is 1.00. The molecule has 0 atom stereocenters. The first-order valence-corrected chi connectivity index (χ1v) is 3.58. The van der Waals surface area contributed by atoms with Crippen molar-refractivity contribution in [2.24, 2.45) is 0 Å². The van der Waals surface area contributed by atoms with Crippen molar-refractivity contribution in [3.05, 3.63) is 15.8 Å². The van der Waals surface area contributed by atoms with Gasteiger partial charge in [0.05, 0.1) is 0 Å². The smallest absolute Gasteiger partial charge is 0.148 e. The van der Waals surface area contributed by atoms with E-state index in [0.29, 0.717) is 0 Å². The fourth-order valence-electron chi connectivity index (χ4n) is 0.449. The number of hydrogen-bond acceptors (Lipinski definition) is 3. The fraction of sp³-hybridized carbons (Fsp3) is 0.200. The van der Waals surface area contributed by atoms with E-state index in [1.165, 1.54) is 0 Å². The van der Waals surface area contributed by atoms with Gasteiger partial charge in [-0.25, -0.2) is 0 Å². The Kier molecular flexibility index (Phi) is 2.21. The lowest BCUT2D eigenvalue weighted by atomic mass is 10.5. The van der Waals surface area contributed by atoms with Gasteiger partial charge in [0.1, 0.15) is 9.52 Å². The third-order valence-corrected chi connectivity index (χ3v) is 1.46. The number of nitrogens with one attached hydrogen (secondary N) is 1. The van der Waals surface area contributed by atoms with E-state index >= 15 is 0 Å². The highest BCUT2D eigenvalue weighted by Crippen LogP contribution is 2.01. The maximum Gasteiger partial charge on any atom is 0.148 e. The van der Waals surface area contributed by atoms with Gasteiger partial charge in [0.15, 0.2) is 0 Å². The van der Waals surface area contributed by atoms with Gasteiger partial charge in [-0.05, 0) is 34.7 Å². The van der Waals surface area contributed by atoms with Gasteiger partial charge in [0.2, 0.25) is 0 Å². The van der Waals surface area contributed by atoms with Crippen LogP contribution in [0.3, 0.4) is 0 Å². The highest BCUT2D eigenvalue weighted by Gasteiger charge is 1.88. The molecule has 1 aromatic heterocycles. The van der Waals surface area contributed by atoms with Crippen molar-refractivity contribution in [1.29, 1.82) is 0 Å². The highest BCUT2D eigenvalue weighted by atomic mass is 127. The van der Waals surface area contributed by atoms with Gasteiger partial charge >= 0.3 is 0 Å². The Bertz CT molecular complexity index is 184. The van der Waals surface area contributed by atoms with Gasteiger partial charge in [-0.15, -0.1) is 10.2 Å². The Hall–Kier alpha value is -0.390. The van der Waals surface area contributed by atoms with Crippen LogP contribution in [0.15, 0.2) is 12.1 Å². The minimum Gasteiger partial charge on any atom is -0.372 e. The number of rotatable bonds is 1. The summed E-state index contributed by atoms with van der Waals surface area (Å²) in [5.74, 6) is 0.801. The first-order valence-electron chi connectivity index (χ1n) is 2.50. The van der Waals surface area contributed by atoms with Crippen molar-refractivity contribution in [1.82, 2.24) is 10.2 Å². The summed E-state index contributed by atoms with van der Waals surface area (Å²) in [5, 5.41) is 10.5. The maximum absolute atomic E-state index is 3.83. The average molecular weight is 235 g/mol. The molecule has 1 aromatic rings. The van der Waals surface area contributed by atoms with Crippen LogP contribution < -0.4 is 5.32 Å². The number of nitrogens with zero attached hydrogens (tertiary/aromatic N) is 2. The van der Waals surface area contributed by atoms with Gasteiger partial charge in [-0.1, -0.05) is 0 Å². The molecule has 3 nitrogen and oxygen atoms in total. The zero-order valence-electron chi connectivity index (χ0n) is 4.93. The van der Waals surface area contributed by atoms with Crippen LogP contribution in [-0.2, 0) is 0 Å². The number of aromatic nitrogens is 2. The molecule has 1 heterocycles. The summed E-state index contributed by atoms with van der Waals surface area (Å²) in [4.78, 5) is 0. The summed E-state index contributed by atoms with van der Waals surface area (Å²) >= 11 is 2.11. The van der Waals surface area contributed by atoms with Gasteiger partial charge < -0.3 is 5.32 Å². The van der Waals surface area contributed by atoms with Crippen LogP contribution in [0.1, 0.15) is 0 Å². The monoisotopic (exact) mass is 235 g/mol. The Balaban J connectivity index is 2.88. The second kappa shape index (κ2) is 2.95. The van der Waals surface area contributed by atoms with Crippen LogP contribution in [0.2, 0.25) is 0 Å². The zero-order chi connectivity index (χ0) is 6.69. The second-order valence-electron chi connectivity index (χ2n) is 1.49. The summed E-state index contributed by atoms with van der Waals surface area (Å²) in [7, 11) is 1.82. The van der Waals surface area contributed by atoms with E-state index in [1.807, 2.05) is 19.2 Å². The average Bonchev–Trinajstić information content (AvgIpc) is 1.90. The molecular formula is C5H6IN3. The summed E-state index contributed by atoms with van der Waals surface area (Å²) in [6, 6.07) is 3.79. The molecule has 0 bridgehead atoms. The summed E-state index contributed by atoms with van der Waals surface area (Å²) in [5.41, 5.74) is 0. The Morgan fingerprint density at radius 2 is 2.22 bits per heavy atom. The second-order valence-corrected chi connectivity index (χ2v) is 2.60. The molecule has 0 saturated heterocycles. The van der Waals surface area contributed by atoms with Crippen molar-refractivity contribution < 1.29 is 0 Å². The van der Waals surface area contributed by atoms with E-state index in [9.17, 15) is 0 Å². The minimum atomic E-state index is 0.801. The molecule has 0 aliphatic rings. The maximum atomic E-state index is 3.83. The SMILES string of the molecule is CNc1ccc(I)nn1. The molecule has 0 amide bonds. The van der Waals surface area contributed by atoms with Crippen molar-refractivity contribution in [3.63, 3.8) is 0 Å². The quantitative estimate of drug-likeness (QED) is 0.741. The molecule has 0 fully saturated rings. The lowest BCUT2D eigenvalue weighted by Gasteiger charge is -1.93. The number of halogens is 1. The van der Waals surface area contributed by atoms with E-state index < -0.39 is 0 Å². The third-order valence-electron chi connectivity index (χ3n) is 0.888. The van der Waals surface area contributed by atoms with E-state index in [1.54, 1.807) is 0 Å². The fourth-order valence-corrected chi connectivity index (χ4v) is 0.737. The molecule has 0 unspecified atom stereocenters. The van der Waals surface area contributed by atoms with Crippen LogP contribution in [0.4, 0.5) is 5.82 Å². The molecule has 9 heavy (non-hydrogen) atoms. The molecule has 48 valence electrons. The van der Waals surface area contributed by atoms with Gasteiger partial charge in [-0.2, -0.15) is 0 Å². The van der Waals surface area contributed by atoms with Gasteiger partial charge in [0.25, 0.3) is 0 Å². The molecule has 4 heteroatoms. The molecule has 0 aliphatic heterocycles. The minimum absolute atomic E-state index is 0.801. The lowest BCUT2D eigenvalue weighted by Crippen LogP contribution is -1.94. The molecule has 0 radical (unpaired) electrons. The predicted octanol–water partition coefficient (Wildman–Crippen LogP) is 1.12. The number of hydrogen-bond donors (Lipinski definition) is 1. The standard InChI is InChI=1S/C5H6IN3/c1-7-5-3-2-4(6)8-9-5/h2-3H,1H3,(H,7,9). The van der Waals surface area contributed by atoms with Crippen molar-refractivity contribution in [2.75, 3.05) is 12.4 Å². The third kappa shape index (κ3) is 1.78. The van der Waals surface area contributed by atoms with Crippen molar-refractivity contribution >= 4 is 28.4 Å². The summed E-state index contributed by atoms with van der Waals surface area (Å²) in [6.07, 6.45) is 0. The normalized spacial score (nSPS) is 9.11. The zero-order valence-corrected chi connectivity index (χ0v) is 7.08. The molecule has 0 spiro atoms. The van der Waals surface area contributed by atoms with E-state index in [-0.39, 0.29) is 0 Å². The summed E-state index contributed by atoms with van der Waals surface area (Å²) in [6.45, 7) is 0. The van der Waals surface area contributed by atoms with Crippen LogP contribution in [0.5, 0.6) is 0 Å². The van der Waals surface area contributed by atoms with E-state index in [4.69, 9.17) is 0 Å². The Labute approximate surface area is 67.0 Å². The highest BCUT2D eigenvalue weighted by molar-refractivity contribution is 14.1. The van der Waals surface area contributed by atoms with Crippen LogP contribution >= 0.6 is 22.6 Å². The Morgan fingerprint density at radius 1 is 1.44 bits per heavy atom. The molecule has 0 saturated carbocycles. The largest absolute Gasteiger partial charge is 0.372 e. The number of anilines is 1. The van der Waals surface area contributed by atoms with Gasteiger partial charge in [-0.3, -0.25) is 0 Å². The molecular weight excluding hydrogens is 229 g/mol. The Morgan fingerprint density at radius 3 is 2.67 bits per heavy atom. The first kappa shape index (κ1) is 6.73. The van der Waals surface area contributed by atoms with Crippen LogP contribution in [0.25, 0.3) is 0 Å². The molecule has 1 N–H and O–H groups in total. The van der Waals surface area contributed by atoms with E-state index in [2.05, 4.69) is 38.1 Å². The van der Waals surface area contributed by atoms with Gasteiger partial charge in [0, 0.05) is 7.05 Å². The van der Waals surface area contributed by atoms with Crippen molar-refractivity contribution in [3.8, 4) is 0 Å². The van der Waals surface area contributed by atoms with E-state index in [0.717, 1.165) is 9.52 Å². The van der Waals surface area contributed by atoms with Crippen LogP contribution in [0, 0.1) is 3.70 Å².